The summed E-state index contributed by atoms with van der Waals surface area (Å²) in [6.45, 7) is 0.350. The van der Waals surface area contributed by atoms with E-state index in [0.717, 1.165) is 22.3 Å². The molecule has 1 saturated carbocycles. The highest BCUT2D eigenvalue weighted by molar-refractivity contribution is 7.17. The summed E-state index contributed by atoms with van der Waals surface area (Å²) in [7, 11) is 0. The number of thiophene rings is 1. The summed E-state index contributed by atoms with van der Waals surface area (Å²) in [5, 5.41) is 13.9. The van der Waals surface area contributed by atoms with Crippen LogP contribution in [0.15, 0.2) is 41.9 Å². The summed E-state index contributed by atoms with van der Waals surface area (Å²) in [5.41, 5.74) is 1.29. The van der Waals surface area contributed by atoms with E-state index in [2.05, 4.69) is 5.32 Å². The Kier molecular flexibility index (Phi) is 5.79. The molecule has 0 bridgehead atoms. The zero-order valence-corrected chi connectivity index (χ0v) is 17.3. The highest BCUT2D eigenvalue weighted by Crippen LogP contribution is 2.31. The van der Waals surface area contributed by atoms with Crippen LogP contribution in [0.1, 0.15) is 47.2 Å². The van der Waals surface area contributed by atoms with E-state index >= 15 is 0 Å². The van der Waals surface area contributed by atoms with Crippen molar-refractivity contribution in [2.24, 2.45) is 5.92 Å². The van der Waals surface area contributed by atoms with Crippen LogP contribution in [-0.2, 0) is 17.5 Å². The van der Waals surface area contributed by atoms with Crippen LogP contribution in [0.25, 0.3) is 10.2 Å². The third-order valence-electron chi connectivity index (χ3n) is 5.78. The van der Waals surface area contributed by atoms with Gasteiger partial charge in [-0.2, -0.15) is 13.2 Å². The molecular weight excluding hydrogens is 429 g/mol. The van der Waals surface area contributed by atoms with Gasteiger partial charge in [0.1, 0.15) is 0 Å². The van der Waals surface area contributed by atoms with Crippen molar-refractivity contribution in [1.82, 2.24) is 9.88 Å². The van der Waals surface area contributed by atoms with Gasteiger partial charge >= 0.3 is 12.1 Å². The molecule has 2 N–H and O–H groups in total. The highest BCUT2D eigenvalue weighted by atomic mass is 32.1. The third kappa shape index (κ3) is 4.61. The maximum Gasteiger partial charge on any atom is 0.416 e. The number of carbonyl (C=O) groups is 2. The first kappa shape index (κ1) is 21.4. The normalized spacial score (nSPS) is 19.5. The molecule has 2 aromatic heterocycles. The monoisotopic (exact) mass is 450 g/mol. The number of nitrogens with zero attached hydrogens (tertiary/aromatic N) is 1. The number of alkyl halides is 3. The predicted molar refractivity (Wildman–Crippen MR) is 111 cm³/mol. The zero-order chi connectivity index (χ0) is 22.2. The molecule has 0 spiro atoms. The van der Waals surface area contributed by atoms with Crippen LogP contribution in [0.3, 0.4) is 0 Å². The second-order valence-corrected chi connectivity index (χ2v) is 8.77. The molecule has 1 aliphatic rings. The Morgan fingerprint density at radius 1 is 1.10 bits per heavy atom. The van der Waals surface area contributed by atoms with Crippen LogP contribution in [0.5, 0.6) is 0 Å². The van der Waals surface area contributed by atoms with Crippen LogP contribution in [0, 0.1) is 5.92 Å². The quantitative estimate of drug-likeness (QED) is 0.565. The van der Waals surface area contributed by atoms with Gasteiger partial charge in [-0.15, -0.1) is 11.3 Å². The fourth-order valence-electron chi connectivity index (χ4n) is 4.05. The maximum absolute atomic E-state index is 12.9. The largest absolute Gasteiger partial charge is 0.481 e. The van der Waals surface area contributed by atoms with Gasteiger partial charge in [0.25, 0.3) is 5.91 Å². The van der Waals surface area contributed by atoms with Gasteiger partial charge in [0.05, 0.1) is 27.3 Å². The van der Waals surface area contributed by atoms with Crippen LogP contribution in [-0.4, -0.2) is 27.6 Å². The van der Waals surface area contributed by atoms with Gasteiger partial charge in [-0.05, 0) is 49.4 Å². The molecule has 4 rings (SSSR count). The second kappa shape index (κ2) is 8.37. The number of carbonyl (C=O) groups excluding carboxylic acids is 1. The molecule has 1 amide bonds. The van der Waals surface area contributed by atoms with Crippen molar-refractivity contribution in [3.63, 3.8) is 0 Å². The first-order valence-corrected chi connectivity index (χ1v) is 10.9. The molecule has 164 valence electrons. The Morgan fingerprint density at radius 2 is 1.77 bits per heavy atom. The van der Waals surface area contributed by atoms with E-state index in [-0.39, 0.29) is 17.9 Å². The number of hydrogen-bond acceptors (Lipinski definition) is 3. The molecule has 5 nitrogen and oxygen atoms in total. The van der Waals surface area contributed by atoms with Crippen LogP contribution >= 0.6 is 11.3 Å². The summed E-state index contributed by atoms with van der Waals surface area (Å²) in [5.74, 6) is -1.34. The van der Waals surface area contributed by atoms with Crippen molar-refractivity contribution in [3.8, 4) is 0 Å². The van der Waals surface area contributed by atoms with Crippen LogP contribution in [0.4, 0.5) is 13.2 Å². The van der Waals surface area contributed by atoms with E-state index < -0.39 is 17.7 Å². The average molecular weight is 450 g/mol. The standard InChI is InChI=1S/C22H21F3N2O3S/c23-22(24,25)15-5-1-13(2-6-15)11-27-10-9-18-19(27)17(12-31-18)20(28)26-16-7-3-14(4-8-16)21(29)30/h1-2,5-6,9-10,12,14,16H,3-4,7-8,11H2,(H,26,28)(H,29,30). The van der Waals surface area contributed by atoms with Gasteiger partial charge < -0.3 is 15.0 Å². The number of fused-ring (bicyclic) bond motifs is 1. The fourth-order valence-corrected chi connectivity index (χ4v) is 4.99. The molecule has 0 unspecified atom stereocenters. The van der Waals surface area contributed by atoms with Gasteiger partial charge in [-0.25, -0.2) is 0 Å². The van der Waals surface area contributed by atoms with Crippen LogP contribution in [0.2, 0.25) is 0 Å². The number of nitrogens with one attached hydrogen (secondary N) is 1. The van der Waals surface area contributed by atoms with E-state index in [1.54, 1.807) is 5.38 Å². The minimum atomic E-state index is -4.37. The second-order valence-electron chi connectivity index (χ2n) is 7.86. The van der Waals surface area contributed by atoms with Gasteiger partial charge in [0, 0.05) is 24.2 Å². The Bertz CT molecular complexity index is 1090. The minimum absolute atomic E-state index is 0.0589. The predicted octanol–water partition coefficient (Wildman–Crippen LogP) is 5.14. The summed E-state index contributed by atoms with van der Waals surface area (Å²) >= 11 is 1.44. The van der Waals surface area contributed by atoms with E-state index in [4.69, 9.17) is 5.11 Å². The van der Waals surface area contributed by atoms with E-state index in [9.17, 15) is 22.8 Å². The van der Waals surface area contributed by atoms with Gasteiger partial charge in [0.2, 0.25) is 0 Å². The molecule has 9 heteroatoms. The molecule has 31 heavy (non-hydrogen) atoms. The smallest absolute Gasteiger partial charge is 0.416 e. The average Bonchev–Trinajstić information content (AvgIpc) is 3.31. The van der Waals surface area contributed by atoms with Crippen LogP contribution < -0.4 is 5.32 Å². The molecule has 0 radical (unpaired) electrons. The lowest BCUT2D eigenvalue weighted by Crippen LogP contribution is -2.38. The van der Waals surface area contributed by atoms with Gasteiger partial charge in [0.15, 0.2) is 0 Å². The fraction of sp³-hybridized carbons (Fsp3) is 0.364. The minimum Gasteiger partial charge on any atom is -0.481 e. The Balaban J connectivity index is 1.48. The number of hydrogen-bond donors (Lipinski definition) is 2. The number of carboxylic acid groups (broad SMARTS) is 1. The van der Waals surface area contributed by atoms with Crippen molar-refractivity contribution >= 4 is 33.4 Å². The SMILES string of the molecule is O=C(NC1CCC(C(=O)O)CC1)c1csc2ccn(Cc3ccc(C(F)(F)F)cc3)c12. The molecular formula is C22H21F3N2O3S. The molecule has 0 saturated heterocycles. The molecule has 0 atom stereocenters. The topological polar surface area (TPSA) is 71.3 Å². The van der Waals surface area contributed by atoms with E-state index in [1.165, 1.54) is 23.5 Å². The number of rotatable bonds is 5. The molecule has 1 aromatic carbocycles. The lowest BCUT2D eigenvalue weighted by atomic mass is 9.86. The summed E-state index contributed by atoms with van der Waals surface area (Å²) in [6.07, 6.45) is -0.201. The van der Waals surface area contributed by atoms with E-state index in [1.807, 2.05) is 16.8 Å². The third-order valence-corrected chi connectivity index (χ3v) is 6.71. The number of aliphatic carboxylic acids is 1. The summed E-state index contributed by atoms with van der Waals surface area (Å²) < 4.78 is 41.1. The maximum atomic E-state index is 12.9. The number of halogens is 3. The lowest BCUT2D eigenvalue weighted by molar-refractivity contribution is -0.143. The van der Waals surface area contributed by atoms with Crippen molar-refractivity contribution in [1.29, 1.82) is 0 Å². The number of benzene rings is 1. The van der Waals surface area contributed by atoms with E-state index in [0.29, 0.717) is 43.4 Å². The molecule has 0 aliphatic heterocycles. The van der Waals surface area contributed by atoms with Gasteiger partial charge in [-0.1, -0.05) is 12.1 Å². The van der Waals surface area contributed by atoms with Gasteiger partial charge in [-0.3, -0.25) is 9.59 Å². The van der Waals surface area contributed by atoms with Crippen molar-refractivity contribution in [2.45, 2.75) is 44.4 Å². The highest BCUT2D eigenvalue weighted by Gasteiger charge is 2.30. The Hall–Kier alpha value is -2.81. The number of aromatic nitrogens is 1. The summed E-state index contributed by atoms with van der Waals surface area (Å²) in [6, 6.07) is 6.84. The molecule has 2 heterocycles. The molecule has 1 fully saturated rings. The zero-order valence-electron chi connectivity index (χ0n) is 16.5. The van der Waals surface area contributed by atoms with Crippen molar-refractivity contribution in [2.75, 3.05) is 0 Å². The first-order chi connectivity index (χ1) is 14.7. The Morgan fingerprint density at radius 3 is 2.39 bits per heavy atom. The molecule has 3 aromatic rings. The summed E-state index contributed by atoms with van der Waals surface area (Å²) in [4.78, 5) is 24.0. The van der Waals surface area contributed by atoms with Crippen molar-refractivity contribution in [3.05, 3.63) is 58.6 Å². The molecule has 1 aliphatic carbocycles. The lowest BCUT2D eigenvalue weighted by Gasteiger charge is -2.26. The Labute approximate surface area is 180 Å². The number of carboxylic acids is 1. The van der Waals surface area contributed by atoms with Crippen molar-refractivity contribution < 1.29 is 27.9 Å². The number of amides is 1. The first-order valence-electron chi connectivity index (χ1n) is 9.98.